The van der Waals surface area contributed by atoms with Crippen molar-refractivity contribution in [3.8, 4) is 0 Å². The molecule has 0 amide bonds. The van der Waals surface area contributed by atoms with E-state index in [1.165, 1.54) is 6.92 Å². The van der Waals surface area contributed by atoms with E-state index in [2.05, 4.69) is 0 Å². The molecule has 1 N–H and O–H groups in total. The van der Waals surface area contributed by atoms with Gasteiger partial charge in [0.15, 0.2) is 0 Å². The van der Waals surface area contributed by atoms with Gasteiger partial charge in [0.2, 0.25) is 0 Å². The fraction of sp³-hybridized carbons (Fsp3) is 0.778. The molecule has 1 atom stereocenters. The summed E-state index contributed by atoms with van der Waals surface area (Å²) >= 11 is 0. The maximum atomic E-state index is 11.3. The van der Waals surface area contributed by atoms with Gasteiger partial charge in [0.05, 0.1) is 17.9 Å². The van der Waals surface area contributed by atoms with E-state index in [4.69, 9.17) is 9.84 Å². The number of carboxylic acid groups (broad SMARTS) is 1. The summed E-state index contributed by atoms with van der Waals surface area (Å²) in [6, 6.07) is 0. The summed E-state index contributed by atoms with van der Waals surface area (Å²) in [6.07, 6.45) is 0. The van der Waals surface area contributed by atoms with E-state index in [1.54, 1.807) is 20.8 Å². The second-order valence-corrected chi connectivity index (χ2v) is 3.50. The zero-order valence-electron chi connectivity index (χ0n) is 8.46. The first-order valence-corrected chi connectivity index (χ1v) is 4.24. The van der Waals surface area contributed by atoms with E-state index in [9.17, 15) is 9.59 Å². The zero-order chi connectivity index (χ0) is 10.6. The molecule has 4 heteroatoms. The molecule has 1 unspecified atom stereocenters. The molecule has 0 saturated heterocycles. The quantitative estimate of drug-likeness (QED) is 0.675. The van der Waals surface area contributed by atoms with Crippen molar-refractivity contribution in [2.45, 2.75) is 27.7 Å². The van der Waals surface area contributed by atoms with Gasteiger partial charge in [-0.2, -0.15) is 0 Å². The highest BCUT2D eigenvalue weighted by atomic mass is 16.5. The monoisotopic (exact) mass is 188 g/mol. The Morgan fingerprint density at radius 1 is 1.46 bits per heavy atom. The van der Waals surface area contributed by atoms with E-state index in [1.807, 2.05) is 0 Å². The van der Waals surface area contributed by atoms with E-state index < -0.39 is 23.3 Å². The van der Waals surface area contributed by atoms with Gasteiger partial charge in [0.1, 0.15) is 0 Å². The van der Waals surface area contributed by atoms with Crippen molar-refractivity contribution in [3.63, 3.8) is 0 Å². The molecule has 0 aliphatic carbocycles. The van der Waals surface area contributed by atoms with Gasteiger partial charge in [-0.3, -0.25) is 9.59 Å². The molecular formula is C9H16O4. The van der Waals surface area contributed by atoms with E-state index in [0.29, 0.717) is 0 Å². The topological polar surface area (TPSA) is 63.6 Å². The predicted octanol–water partition coefficient (Wildman–Crippen LogP) is 1.30. The third kappa shape index (κ3) is 2.72. The molecule has 0 aromatic carbocycles. The molecule has 0 aliphatic heterocycles. The number of hydrogen-bond acceptors (Lipinski definition) is 3. The Bertz CT molecular complexity index is 208. The average molecular weight is 188 g/mol. The third-order valence-electron chi connectivity index (χ3n) is 2.25. The summed E-state index contributed by atoms with van der Waals surface area (Å²) in [6.45, 7) is 6.61. The average Bonchev–Trinajstić information content (AvgIpc) is 2.03. The zero-order valence-corrected chi connectivity index (χ0v) is 8.46. The first-order chi connectivity index (χ1) is 5.84. The lowest BCUT2D eigenvalue weighted by Gasteiger charge is -2.25. The molecule has 13 heavy (non-hydrogen) atoms. The Balaban J connectivity index is 4.54. The van der Waals surface area contributed by atoms with E-state index in [-0.39, 0.29) is 6.61 Å². The van der Waals surface area contributed by atoms with Gasteiger partial charge in [-0.25, -0.2) is 0 Å². The summed E-state index contributed by atoms with van der Waals surface area (Å²) in [5.41, 5.74) is -0.970. The molecule has 0 heterocycles. The molecule has 0 aliphatic rings. The normalized spacial score (nSPS) is 13.5. The lowest BCUT2D eigenvalue weighted by molar-refractivity contribution is -0.163. The summed E-state index contributed by atoms with van der Waals surface area (Å²) in [5, 5.41) is 8.73. The number of carboxylic acids is 1. The summed E-state index contributed by atoms with van der Waals surface area (Å²) < 4.78 is 4.78. The lowest BCUT2D eigenvalue weighted by atomic mass is 9.80. The fourth-order valence-electron chi connectivity index (χ4n) is 0.803. The second kappa shape index (κ2) is 4.25. The molecule has 0 fully saturated rings. The van der Waals surface area contributed by atoms with Gasteiger partial charge < -0.3 is 9.84 Å². The minimum atomic E-state index is -0.988. The standard InChI is InChI=1S/C9H16O4/c1-5-13-8(12)9(3,4)6(2)7(10)11/h6H,5H2,1-4H3,(H,10,11). The summed E-state index contributed by atoms with van der Waals surface area (Å²) in [7, 11) is 0. The minimum absolute atomic E-state index is 0.272. The summed E-state index contributed by atoms with van der Waals surface area (Å²) in [5.74, 6) is -2.20. The molecular weight excluding hydrogens is 172 g/mol. The number of ether oxygens (including phenoxy) is 1. The highest BCUT2D eigenvalue weighted by Crippen LogP contribution is 2.28. The van der Waals surface area contributed by atoms with Crippen LogP contribution in [-0.4, -0.2) is 23.7 Å². The highest BCUT2D eigenvalue weighted by molar-refractivity contribution is 5.83. The molecule has 0 rings (SSSR count). The lowest BCUT2D eigenvalue weighted by Crippen LogP contribution is -2.37. The summed E-state index contributed by atoms with van der Waals surface area (Å²) in [4.78, 5) is 22.0. The molecule has 4 nitrogen and oxygen atoms in total. The van der Waals surface area contributed by atoms with Crippen molar-refractivity contribution in [1.29, 1.82) is 0 Å². The molecule has 0 saturated carbocycles. The minimum Gasteiger partial charge on any atom is -0.481 e. The molecule has 0 bridgehead atoms. The molecule has 0 aromatic rings. The van der Waals surface area contributed by atoms with Gasteiger partial charge in [0, 0.05) is 0 Å². The Labute approximate surface area is 77.9 Å². The van der Waals surface area contributed by atoms with Crippen LogP contribution in [0.5, 0.6) is 0 Å². The Kier molecular flexibility index (Phi) is 3.91. The van der Waals surface area contributed by atoms with Crippen molar-refractivity contribution < 1.29 is 19.4 Å². The largest absolute Gasteiger partial charge is 0.481 e. The maximum absolute atomic E-state index is 11.3. The van der Waals surface area contributed by atoms with Crippen LogP contribution in [0.3, 0.4) is 0 Å². The van der Waals surface area contributed by atoms with E-state index >= 15 is 0 Å². The van der Waals surface area contributed by atoms with Gasteiger partial charge in [0.25, 0.3) is 0 Å². The molecule has 0 radical (unpaired) electrons. The fourth-order valence-corrected chi connectivity index (χ4v) is 0.803. The third-order valence-corrected chi connectivity index (χ3v) is 2.25. The van der Waals surface area contributed by atoms with Crippen LogP contribution in [0.4, 0.5) is 0 Å². The number of carbonyl (C=O) groups excluding carboxylic acids is 1. The Morgan fingerprint density at radius 3 is 2.23 bits per heavy atom. The number of hydrogen-bond donors (Lipinski definition) is 1. The second-order valence-electron chi connectivity index (χ2n) is 3.50. The molecule has 76 valence electrons. The van der Waals surface area contributed by atoms with Crippen LogP contribution in [0, 0.1) is 11.3 Å². The Morgan fingerprint density at radius 2 is 1.92 bits per heavy atom. The number of rotatable bonds is 4. The molecule has 0 aromatic heterocycles. The van der Waals surface area contributed by atoms with E-state index in [0.717, 1.165) is 0 Å². The van der Waals surface area contributed by atoms with Crippen LogP contribution in [0.15, 0.2) is 0 Å². The van der Waals surface area contributed by atoms with Gasteiger partial charge in [-0.1, -0.05) is 6.92 Å². The van der Waals surface area contributed by atoms with Crippen molar-refractivity contribution >= 4 is 11.9 Å². The first kappa shape index (κ1) is 11.9. The van der Waals surface area contributed by atoms with Crippen molar-refractivity contribution in [3.05, 3.63) is 0 Å². The van der Waals surface area contributed by atoms with Crippen LogP contribution in [0.2, 0.25) is 0 Å². The van der Waals surface area contributed by atoms with Crippen LogP contribution < -0.4 is 0 Å². The van der Waals surface area contributed by atoms with Crippen LogP contribution in [0.25, 0.3) is 0 Å². The number of carbonyl (C=O) groups is 2. The number of esters is 1. The first-order valence-electron chi connectivity index (χ1n) is 4.24. The van der Waals surface area contributed by atoms with Crippen molar-refractivity contribution in [2.24, 2.45) is 11.3 Å². The Hall–Kier alpha value is -1.06. The van der Waals surface area contributed by atoms with Crippen LogP contribution in [-0.2, 0) is 14.3 Å². The number of aliphatic carboxylic acids is 1. The highest BCUT2D eigenvalue weighted by Gasteiger charge is 2.39. The van der Waals surface area contributed by atoms with Gasteiger partial charge >= 0.3 is 11.9 Å². The van der Waals surface area contributed by atoms with Crippen molar-refractivity contribution in [1.82, 2.24) is 0 Å². The van der Waals surface area contributed by atoms with Gasteiger partial charge in [-0.15, -0.1) is 0 Å². The molecule has 0 spiro atoms. The maximum Gasteiger partial charge on any atom is 0.312 e. The SMILES string of the molecule is CCOC(=O)C(C)(C)C(C)C(=O)O. The van der Waals surface area contributed by atoms with Crippen molar-refractivity contribution in [2.75, 3.05) is 6.61 Å². The van der Waals surface area contributed by atoms with Crippen LogP contribution >= 0.6 is 0 Å². The van der Waals surface area contributed by atoms with Gasteiger partial charge in [-0.05, 0) is 20.8 Å². The van der Waals surface area contributed by atoms with Crippen LogP contribution in [0.1, 0.15) is 27.7 Å². The predicted molar refractivity (Wildman–Crippen MR) is 47.2 cm³/mol. The smallest absolute Gasteiger partial charge is 0.312 e.